The van der Waals surface area contributed by atoms with Crippen LogP contribution in [0.5, 0.6) is 0 Å². The fraction of sp³-hybridized carbons (Fsp3) is 0.250. The van der Waals surface area contributed by atoms with E-state index in [-0.39, 0.29) is 10.6 Å². The monoisotopic (exact) mass is 283 g/mol. The zero-order valence-electron chi connectivity index (χ0n) is 11.8. The molecular formula is C16H17N3O2. The Hall–Kier alpha value is -2.56. The molecule has 0 amide bonds. The van der Waals surface area contributed by atoms with Crippen molar-refractivity contribution in [1.82, 2.24) is 0 Å². The summed E-state index contributed by atoms with van der Waals surface area (Å²) in [7, 11) is 1.75. The number of nitro groups is 1. The third-order valence-electron chi connectivity index (χ3n) is 3.93. The lowest BCUT2D eigenvalue weighted by Crippen LogP contribution is -2.24. The van der Waals surface area contributed by atoms with Crippen LogP contribution in [0, 0.1) is 10.1 Å². The highest BCUT2D eigenvalue weighted by atomic mass is 16.6. The highest BCUT2D eigenvalue weighted by Crippen LogP contribution is 2.35. The summed E-state index contributed by atoms with van der Waals surface area (Å²) in [6, 6.07) is 13.4. The molecule has 5 nitrogen and oxygen atoms in total. The number of benzene rings is 2. The average molecular weight is 283 g/mol. The number of nitro benzene ring substituents is 1. The fourth-order valence-corrected chi connectivity index (χ4v) is 2.75. The predicted molar refractivity (Wildman–Crippen MR) is 84.0 cm³/mol. The van der Waals surface area contributed by atoms with Crippen molar-refractivity contribution in [2.75, 3.05) is 24.2 Å². The maximum Gasteiger partial charge on any atom is 0.273 e. The van der Waals surface area contributed by atoms with Crippen LogP contribution in [-0.4, -0.2) is 18.5 Å². The van der Waals surface area contributed by atoms with Crippen molar-refractivity contribution in [3.05, 3.63) is 63.7 Å². The van der Waals surface area contributed by atoms with Gasteiger partial charge in [-0.15, -0.1) is 0 Å². The summed E-state index contributed by atoms with van der Waals surface area (Å²) in [6.07, 6.45) is 1.07. The Balaban J connectivity index is 1.71. The standard InChI is InChI=1S/C16H17N3O2/c1-17-13-7-14(9-15(8-13)19(20)21)18-10-12-6-11-4-2-3-5-16(11)12/h2-5,7-9,12,17-18H,6,10H2,1H3. The second kappa shape index (κ2) is 5.44. The first kappa shape index (κ1) is 13.4. The van der Waals surface area contributed by atoms with Gasteiger partial charge >= 0.3 is 0 Å². The van der Waals surface area contributed by atoms with Crippen molar-refractivity contribution in [2.45, 2.75) is 12.3 Å². The lowest BCUT2D eigenvalue weighted by molar-refractivity contribution is -0.384. The second-order valence-corrected chi connectivity index (χ2v) is 5.26. The van der Waals surface area contributed by atoms with Crippen molar-refractivity contribution in [2.24, 2.45) is 0 Å². The molecule has 1 aliphatic rings. The molecule has 0 fully saturated rings. The number of hydrogen-bond acceptors (Lipinski definition) is 4. The van der Waals surface area contributed by atoms with E-state index in [1.54, 1.807) is 13.1 Å². The number of nitrogens with one attached hydrogen (secondary N) is 2. The van der Waals surface area contributed by atoms with E-state index in [4.69, 9.17) is 0 Å². The SMILES string of the molecule is CNc1cc(NCC2Cc3ccccc32)cc([N+](=O)[O-])c1. The number of non-ortho nitro benzene ring substituents is 1. The summed E-state index contributed by atoms with van der Waals surface area (Å²) in [5.41, 5.74) is 4.39. The molecular weight excluding hydrogens is 266 g/mol. The Labute approximate surface area is 123 Å². The Morgan fingerprint density at radius 1 is 1.24 bits per heavy atom. The smallest absolute Gasteiger partial charge is 0.273 e. The van der Waals surface area contributed by atoms with Gasteiger partial charge in [-0.05, 0) is 23.6 Å². The summed E-state index contributed by atoms with van der Waals surface area (Å²) in [4.78, 5) is 10.6. The van der Waals surface area contributed by atoms with E-state index in [9.17, 15) is 10.1 Å². The van der Waals surface area contributed by atoms with E-state index in [1.165, 1.54) is 17.2 Å². The Morgan fingerprint density at radius 2 is 2.00 bits per heavy atom. The molecule has 1 atom stereocenters. The first-order chi connectivity index (χ1) is 10.2. The molecule has 21 heavy (non-hydrogen) atoms. The Kier molecular flexibility index (Phi) is 3.48. The third kappa shape index (κ3) is 2.67. The minimum Gasteiger partial charge on any atom is -0.388 e. The van der Waals surface area contributed by atoms with E-state index < -0.39 is 0 Å². The van der Waals surface area contributed by atoms with Gasteiger partial charge in [0, 0.05) is 43.0 Å². The van der Waals surface area contributed by atoms with Gasteiger partial charge in [0.25, 0.3) is 5.69 Å². The van der Waals surface area contributed by atoms with Crippen molar-refractivity contribution >= 4 is 17.1 Å². The lowest BCUT2D eigenvalue weighted by atomic mass is 9.77. The van der Waals surface area contributed by atoms with Gasteiger partial charge in [0.2, 0.25) is 0 Å². The molecule has 1 aliphatic carbocycles. The van der Waals surface area contributed by atoms with Gasteiger partial charge in [-0.3, -0.25) is 10.1 Å². The highest BCUT2D eigenvalue weighted by molar-refractivity contribution is 5.63. The molecule has 0 heterocycles. The topological polar surface area (TPSA) is 67.2 Å². The largest absolute Gasteiger partial charge is 0.388 e. The van der Waals surface area contributed by atoms with Gasteiger partial charge < -0.3 is 10.6 Å². The van der Waals surface area contributed by atoms with E-state index in [2.05, 4.69) is 34.9 Å². The van der Waals surface area contributed by atoms with Gasteiger partial charge in [-0.25, -0.2) is 0 Å². The van der Waals surface area contributed by atoms with Crippen LogP contribution in [0.2, 0.25) is 0 Å². The molecule has 0 spiro atoms. The molecule has 1 unspecified atom stereocenters. The van der Waals surface area contributed by atoms with Crippen LogP contribution in [0.3, 0.4) is 0 Å². The first-order valence-electron chi connectivity index (χ1n) is 6.96. The van der Waals surface area contributed by atoms with Crippen molar-refractivity contribution in [1.29, 1.82) is 0 Å². The van der Waals surface area contributed by atoms with E-state index >= 15 is 0 Å². The molecule has 0 bridgehead atoms. The maximum absolute atomic E-state index is 10.9. The zero-order valence-corrected chi connectivity index (χ0v) is 11.8. The van der Waals surface area contributed by atoms with E-state index in [0.717, 1.165) is 24.3 Å². The summed E-state index contributed by atoms with van der Waals surface area (Å²) in [6.45, 7) is 0.793. The van der Waals surface area contributed by atoms with Crippen LogP contribution in [0.15, 0.2) is 42.5 Å². The molecule has 0 aliphatic heterocycles. The van der Waals surface area contributed by atoms with Crippen molar-refractivity contribution in [3.8, 4) is 0 Å². The molecule has 108 valence electrons. The molecule has 0 aromatic heterocycles. The first-order valence-corrected chi connectivity index (χ1v) is 6.96. The second-order valence-electron chi connectivity index (χ2n) is 5.26. The number of fused-ring (bicyclic) bond motifs is 1. The minimum atomic E-state index is -0.370. The van der Waals surface area contributed by atoms with Crippen LogP contribution < -0.4 is 10.6 Å². The van der Waals surface area contributed by atoms with Crippen molar-refractivity contribution < 1.29 is 4.92 Å². The summed E-state index contributed by atoms with van der Waals surface area (Å²) in [5.74, 6) is 0.485. The molecule has 2 aromatic rings. The van der Waals surface area contributed by atoms with Crippen LogP contribution >= 0.6 is 0 Å². The maximum atomic E-state index is 10.9. The summed E-state index contributed by atoms with van der Waals surface area (Å²) in [5, 5.41) is 17.2. The summed E-state index contributed by atoms with van der Waals surface area (Å²) < 4.78 is 0. The van der Waals surface area contributed by atoms with Crippen LogP contribution in [0.1, 0.15) is 17.0 Å². The molecule has 3 rings (SSSR count). The highest BCUT2D eigenvalue weighted by Gasteiger charge is 2.25. The van der Waals surface area contributed by atoms with E-state index in [0.29, 0.717) is 5.92 Å². The predicted octanol–water partition coefficient (Wildman–Crippen LogP) is 3.39. The van der Waals surface area contributed by atoms with Gasteiger partial charge in [0.05, 0.1) is 4.92 Å². The van der Waals surface area contributed by atoms with Crippen LogP contribution in [0.4, 0.5) is 17.1 Å². The van der Waals surface area contributed by atoms with Crippen molar-refractivity contribution in [3.63, 3.8) is 0 Å². The number of nitrogens with zero attached hydrogens (tertiary/aromatic N) is 1. The molecule has 5 heteroatoms. The number of rotatable bonds is 5. The molecule has 0 saturated heterocycles. The quantitative estimate of drug-likeness (QED) is 0.652. The molecule has 2 aromatic carbocycles. The molecule has 2 N–H and O–H groups in total. The van der Waals surface area contributed by atoms with Gasteiger partial charge in [-0.1, -0.05) is 24.3 Å². The average Bonchev–Trinajstić information content (AvgIpc) is 2.47. The minimum absolute atomic E-state index is 0.0957. The van der Waals surface area contributed by atoms with Crippen LogP contribution in [0.25, 0.3) is 0 Å². The van der Waals surface area contributed by atoms with E-state index in [1.807, 2.05) is 6.07 Å². The Morgan fingerprint density at radius 3 is 2.71 bits per heavy atom. The van der Waals surface area contributed by atoms with Gasteiger partial charge in [0.1, 0.15) is 0 Å². The van der Waals surface area contributed by atoms with Gasteiger partial charge in [0.15, 0.2) is 0 Å². The normalized spacial score (nSPS) is 15.8. The van der Waals surface area contributed by atoms with Gasteiger partial charge in [-0.2, -0.15) is 0 Å². The Bertz CT molecular complexity index is 685. The molecule has 0 radical (unpaired) electrons. The zero-order chi connectivity index (χ0) is 14.8. The lowest BCUT2D eigenvalue weighted by Gasteiger charge is -2.30. The third-order valence-corrected chi connectivity index (χ3v) is 3.93. The fourth-order valence-electron chi connectivity index (χ4n) is 2.75. The number of anilines is 2. The van der Waals surface area contributed by atoms with Crippen LogP contribution in [-0.2, 0) is 6.42 Å². The number of hydrogen-bond donors (Lipinski definition) is 2. The molecule has 0 saturated carbocycles. The summed E-state index contributed by atoms with van der Waals surface area (Å²) >= 11 is 0.